The van der Waals surface area contributed by atoms with Gasteiger partial charge in [-0.2, -0.15) is 5.10 Å². The van der Waals surface area contributed by atoms with Gasteiger partial charge in [0.1, 0.15) is 11.6 Å². The van der Waals surface area contributed by atoms with E-state index in [9.17, 15) is 0 Å². The minimum absolute atomic E-state index is 0.599. The lowest BCUT2D eigenvalue weighted by Gasteiger charge is -2.25. The first-order valence-corrected chi connectivity index (χ1v) is 7.13. The lowest BCUT2D eigenvalue weighted by Crippen LogP contribution is -2.10. The summed E-state index contributed by atoms with van der Waals surface area (Å²) < 4.78 is 5.70. The van der Waals surface area contributed by atoms with Crippen molar-refractivity contribution in [2.45, 2.75) is 39.5 Å². The standard InChI is InChI=1S/C16H21N3O/c1-9-11-6-4-5-7-12(11)10(2)15(20-3)14(9)13-8-18-19-16(13)17/h8H,4-7H2,1-3H3,(H3,17,18,19). The summed E-state index contributed by atoms with van der Waals surface area (Å²) >= 11 is 0. The molecule has 0 aliphatic heterocycles. The van der Waals surface area contributed by atoms with Crippen LogP contribution in [-0.4, -0.2) is 17.3 Å². The number of fused-ring (bicyclic) bond motifs is 1. The SMILES string of the molecule is COc1c(C)c2c(c(C)c1-c1cn[nH]c1N)CCCC2. The number of nitrogen functional groups attached to an aromatic ring is 1. The number of aromatic nitrogens is 2. The molecule has 0 saturated heterocycles. The molecule has 0 radical (unpaired) electrons. The molecule has 1 heterocycles. The summed E-state index contributed by atoms with van der Waals surface area (Å²) in [6.45, 7) is 4.33. The van der Waals surface area contributed by atoms with Crippen LogP contribution in [-0.2, 0) is 12.8 Å². The van der Waals surface area contributed by atoms with Crippen LogP contribution in [0.3, 0.4) is 0 Å². The van der Waals surface area contributed by atoms with Crippen molar-refractivity contribution in [2.24, 2.45) is 0 Å². The van der Waals surface area contributed by atoms with Crippen LogP contribution in [0, 0.1) is 13.8 Å². The second kappa shape index (κ2) is 4.85. The Morgan fingerprint density at radius 3 is 2.35 bits per heavy atom. The summed E-state index contributed by atoms with van der Waals surface area (Å²) in [6.07, 6.45) is 6.62. The molecule has 1 aromatic heterocycles. The third-order valence-corrected chi connectivity index (χ3v) is 4.46. The monoisotopic (exact) mass is 271 g/mol. The molecular formula is C16H21N3O. The maximum Gasteiger partial charge on any atom is 0.130 e. The van der Waals surface area contributed by atoms with Crippen LogP contribution in [0.2, 0.25) is 0 Å². The molecule has 3 N–H and O–H groups in total. The molecule has 0 unspecified atom stereocenters. The van der Waals surface area contributed by atoms with Crippen molar-refractivity contribution < 1.29 is 4.74 Å². The zero-order chi connectivity index (χ0) is 14.3. The van der Waals surface area contributed by atoms with E-state index in [1.54, 1.807) is 13.3 Å². The second-order valence-electron chi connectivity index (χ2n) is 5.52. The number of nitrogens with one attached hydrogen (secondary N) is 1. The molecule has 4 heteroatoms. The minimum atomic E-state index is 0.599. The maximum atomic E-state index is 6.02. The number of ether oxygens (including phenoxy) is 1. The Morgan fingerprint density at radius 1 is 1.15 bits per heavy atom. The Kier molecular flexibility index (Phi) is 3.16. The summed E-state index contributed by atoms with van der Waals surface area (Å²) in [5.41, 5.74) is 13.5. The predicted octanol–water partition coefficient (Wildman–Crippen LogP) is 3.16. The molecule has 0 fully saturated rings. The van der Waals surface area contributed by atoms with E-state index < -0.39 is 0 Å². The topological polar surface area (TPSA) is 63.9 Å². The number of hydrogen-bond acceptors (Lipinski definition) is 3. The number of nitrogens with two attached hydrogens (primary N) is 1. The molecule has 0 bridgehead atoms. The summed E-state index contributed by atoms with van der Waals surface area (Å²) in [5, 5.41) is 6.87. The molecule has 1 aliphatic carbocycles. The Labute approximate surface area is 119 Å². The van der Waals surface area contributed by atoms with Gasteiger partial charge in [-0.25, -0.2) is 0 Å². The highest BCUT2D eigenvalue weighted by atomic mass is 16.5. The highest BCUT2D eigenvalue weighted by Gasteiger charge is 2.24. The number of methoxy groups -OCH3 is 1. The van der Waals surface area contributed by atoms with Crippen LogP contribution in [0.25, 0.3) is 11.1 Å². The van der Waals surface area contributed by atoms with Gasteiger partial charge in [0.25, 0.3) is 0 Å². The van der Waals surface area contributed by atoms with E-state index in [-0.39, 0.29) is 0 Å². The van der Waals surface area contributed by atoms with Gasteiger partial charge in [-0.05, 0) is 61.8 Å². The van der Waals surface area contributed by atoms with E-state index in [4.69, 9.17) is 10.5 Å². The maximum absolute atomic E-state index is 6.02. The average Bonchev–Trinajstić information content (AvgIpc) is 2.88. The van der Waals surface area contributed by atoms with Gasteiger partial charge < -0.3 is 10.5 Å². The van der Waals surface area contributed by atoms with E-state index in [1.807, 2.05) is 0 Å². The molecule has 0 saturated carbocycles. The molecule has 2 aromatic rings. The molecule has 106 valence electrons. The van der Waals surface area contributed by atoms with Gasteiger partial charge in [0.2, 0.25) is 0 Å². The van der Waals surface area contributed by atoms with Crippen molar-refractivity contribution in [1.82, 2.24) is 10.2 Å². The molecule has 0 amide bonds. The quantitative estimate of drug-likeness (QED) is 0.881. The molecule has 1 aromatic carbocycles. The van der Waals surface area contributed by atoms with Crippen LogP contribution in [0.1, 0.15) is 35.1 Å². The van der Waals surface area contributed by atoms with Crippen molar-refractivity contribution in [3.8, 4) is 16.9 Å². The van der Waals surface area contributed by atoms with E-state index in [0.29, 0.717) is 5.82 Å². The molecule has 0 atom stereocenters. The summed E-state index contributed by atoms with van der Waals surface area (Å²) in [7, 11) is 1.73. The molecule has 20 heavy (non-hydrogen) atoms. The van der Waals surface area contributed by atoms with Gasteiger partial charge in [-0.15, -0.1) is 0 Å². The highest BCUT2D eigenvalue weighted by Crippen LogP contribution is 2.43. The predicted molar refractivity (Wildman–Crippen MR) is 81.1 cm³/mol. The van der Waals surface area contributed by atoms with Crippen molar-refractivity contribution in [2.75, 3.05) is 12.8 Å². The van der Waals surface area contributed by atoms with Gasteiger partial charge in [0.05, 0.1) is 13.3 Å². The fourth-order valence-corrected chi connectivity index (χ4v) is 3.45. The van der Waals surface area contributed by atoms with Gasteiger partial charge in [0, 0.05) is 11.1 Å². The van der Waals surface area contributed by atoms with Crippen LogP contribution < -0.4 is 10.5 Å². The third-order valence-electron chi connectivity index (χ3n) is 4.46. The Bertz CT molecular complexity index is 658. The minimum Gasteiger partial charge on any atom is -0.496 e. The second-order valence-corrected chi connectivity index (χ2v) is 5.52. The fraction of sp³-hybridized carbons (Fsp3) is 0.438. The van der Waals surface area contributed by atoms with Crippen LogP contribution in [0.15, 0.2) is 6.20 Å². The first-order valence-electron chi connectivity index (χ1n) is 7.13. The number of nitrogens with zero attached hydrogens (tertiary/aromatic N) is 1. The summed E-state index contributed by atoms with van der Waals surface area (Å²) in [6, 6.07) is 0. The smallest absolute Gasteiger partial charge is 0.130 e. The van der Waals surface area contributed by atoms with E-state index in [0.717, 1.165) is 29.7 Å². The highest BCUT2D eigenvalue weighted by molar-refractivity contribution is 5.83. The number of rotatable bonds is 2. The number of aromatic amines is 1. The lowest BCUT2D eigenvalue weighted by molar-refractivity contribution is 0.411. The van der Waals surface area contributed by atoms with Crippen molar-refractivity contribution in [3.63, 3.8) is 0 Å². The largest absolute Gasteiger partial charge is 0.496 e. The molecule has 3 rings (SSSR count). The molecular weight excluding hydrogens is 250 g/mol. The molecule has 4 nitrogen and oxygen atoms in total. The average molecular weight is 271 g/mol. The van der Waals surface area contributed by atoms with Gasteiger partial charge in [-0.3, -0.25) is 5.10 Å². The van der Waals surface area contributed by atoms with E-state index >= 15 is 0 Å². The van der Waals surface area contributed by atoms with Crippen molar-refractivity contribution >= 4 is 5.82 Å². The molecule has 0 spiro atoms. The van der Waals surface area contributed by atoms with Gasteiger partial charge in [-0.1, -0.05) is 0 Å². The summed E-state index contributed by atoms with van der Waals surface area (Å²) in [5.74, 6) is 1.54. The van der Waals surface area contributed by atoms with Gasteiger partial charge >= 0.3 is 0 Å². The van der Waals surface area contributed by atoms with E-state index in [2.05, 4.69) is 24.0 Å². The van der Waals surface area contributed by atoms with Crippen molar-refractivity contribution in [3.05, 3.63) is 28.5 Å². The zero-order valence-electron chi connectivity index (χ0n) is 12.3. The number of anilines is 1. The Morgan fingerprint density at radius 2 is 1.80 bits per heavy atom. The van der Waals surface area contributed by atoms with Crippen molar-refractivity contribution in [1.29, 1.82) is 0 Å². The summed E-state index contributed by atoms with van der Waals surface area (Å²) in [4.78, 5) is 0. The third kappa shape index (κ3) is 1.79. The first kappa shape index (κ1) is 13.0. The number of hydrogen-bond donors (Lipinski definition) is 2. The van der Waals surface area contributed by atoms with E-state index in [1.165, 1.54) is 35.1 Å². The van der Waals surface area contributed by atoms with Crippen LogP contribution >= 0.6 is 0 Å². The van der Waals surface area contributed by atoms with Gasteiger partial charge in [0.15, 0.2) is 0 Å². The Hall–Kier alpha value is -1.97. The first-order chi connectivity index (χ1) is 9.65. The van der Waals surface area contributed by atoms with Crippen LogP contribution in [0.4, 0.5) is 5.82 Å². The Balaban J connectivity index is 2.34. The fourth-order valence-electron chi connectivity index (χ4n) is 3.45. The van der Waals surface area contributed by atoms with Crippen LogP contribution in [0.5, 0.6) is 5.75 Å². The molecule has 1 aliphatic rings. The normalized spacial score (nSPS) is 14.2. The number of H-pyrrole nitrogens is 1. The zero-order valence-corrected chi connectivity index (χ0v) is 12.3. The lowest BCUT2D eigenvalue weighted by atomic mass is 9.81. The number of benzene rings is 1.